The summed E-state index contributed by atoms with van der Waals surface area (Å²) in [5.41, 5.74) is 0.370. The van der Waals surface area contributed by atoms with Gasteiger partial charge in [0.25, 0.3) is 5.56 Å². The monoisotopic (exact) mass is 456 g/mol. The lowest BCUT2D eigenvalue weighted by Gasteiger charge is -2.11. The number of alkyl halides is 2. The quantitative estimate of drug-likeness (QED) is 0.433. The first-order valence-electron chi connectivity index (χ1n) is 10.1. The highest BCUT2D eigenvalue weighted by Gasteiger charge is 2.15. The van der Waals surface area contributed by atoms with Crippen molar-refractivity contribution in [3.8, 4) is 28.6 Å². The first-order chi connectivity index (χ1) is 16.5. The second-order valence-corrected chi connectivity index (χ2v) is 7.41. The molecule has 0 aliphatic carbocycles. The van der Waals surface area contributed by atoms with Gasteiger partial charge in [0.05, 0.1) is 34.4 Å². The number of nitrogens with zero attached hydrogens (tertiary/aromatic N) is 3. The van der Waals surface area contributed by atoms with Gasteiger partial charge in [-0.15, -0.1) is 0 Å². The van der Waals surface area contributed by atoms with E-state index in [1.54, 1.807) is 24.4 Å². The van der Waals surface area contributed by atoms with Gasteiger partial charge in [0.15, 0.2) is 0 Å². The molecular formula is C25H14F2N4O3. The van der Waals surface area contributed by atoms with Crippen molar-refractivity contribution in [1.29, 1.82) is 5.26 Å². The Hall–Kier alpha value is -4.84. The van der Waals surface area contributed by atoms with E-state index in [0.717, 1.165) is 9.95 Å². The minimum atomic E-state index is -3.02. The fourth-order valence-electron chi connectivity index (χ4n) is 3.92. The van der Waals surface area contributed by atoms with E-state index in [-0.39, 0.29) is 22.2 Å². The molecule has 0 aliphatic rings. The number of aromatic amines is 1. The molecule has 0 aliphatic heterocycles. The predicted octanol–water partition coefficient (Wildman–Crippen LogP) is 4.37. The molecule has 166 valence electrons. The maximum Gasteiger partial charge on any atom is 0.387 e. The summed E-state index contributed by atoms with van der Waals surface area (Å²) in [5, 5.41) is 11.1. The molecule has 0 bridgehead atoms. The Kier molecular flexibility index (Phi) is 5.11. The second-order valence-electron chi connectivity index (χ2n) is 7.41. The number of ether oxygens (including phenoxy) is 1. The topological polar surface area (TPSA) is 101 Å². The molecule has 34 heavy (non-hydrogen) atoms. The number of pyridine rings is 1. The van der Waals surface area contributed by atoms with Crippen molar-refractivity contribution in [2.45, 2.75) is 6.61 Å². The average molecular weight is 456 g/mol. The van der Waals surface area contributed by atoms with E-state index in [1.165, 1.54) is 36.5 Å². The van der Waals surface area contributed by atoms with Gasteiger partial charge in [-0.05, 0) is 35.9 Å². The lowest BCUT2D eigenvalue weighted by molar-refractivity contribution is -0.0498. The molecule has 0 saturated heterocycles. The average Bonchev–Trinajstić information content (AvgIpc) is 2.83. The number of hydrogen-bond donors (Lipinski definition) is 1. The maximum absolute atomic E-state index is 13.3. The van der Waals surface area contributed by atoms with Crippen molar-refractivity contribution in [3.63, 3.8) is 0 Å². The highest BCUT2D eigenvalue weighted by atomic mass is 19.3. The van der Waals surface area contributed by atoms with E-state index < -0.39 is 17.9 Å². The SMILES string of the molecule is N#Cc1ccc(OC(F)F)cc1-c1ccc2c(=O)n(-c3cncc4ccccc34)c(=O)[nH]c2c1. The first kappa shape index (κ1) is 21.0. The van der Waals surface area contributed by atoms with Crippen LogP contribution in [0.15, 0.2) is 82.6 Å². The number of H-pyrrole nitrogens is 1. The normalized spacial score (nSPS) is 11.1. The number of fused-ring (bicyclic) bond motifs is 2. The molecule has 0 fully saturated rings. The van der Waals surface area contributed by atoms with Crippen LogP contribution in [0.3, 0.4) is 0 Å². The van der Waals surface area contributed by atoms with E-state index in [4.69, 9.17) is 0 Å². The summed E-state index contributed by atoms with van der Waals surface area (Å²) in [6.07, 6.45) is 3.09. The van der Waals surface area contributed by atoms with Crippen LogP contribution < -0.4 is 16.0 Å². The third kappa shape index (κ3) is 3.57. The molecule has 2 aromatic heterocycles. The molecule has 0 saturated carbocycles. The van der Waals surface area contributed by atoms with E-state index in [0.29, 0.717) is 22.2 Å². The molecule has 0 atom stereocenters. The standard InChI is InChI=1S/C25H14F2N4O3/c26-24(27)34-17-7-5-15(11-28)20(10-17)14-6-8-19-21(9-14)30-25(33)31(23(19)32)22-13-29-12-16-3-1-2-4-18(16)22/h1-10,12-13,24H,(H,30,33). The zero-order valence-electron chi connectivity index (χ0n) is 17.3. The van der Waals surface area contributed by atoms with Gasteiger partial charge >= 0.3 is 12.3 Å². The number of benzene rings is 3. The van der Waals surface area contributed by atoms with Crippen LogP contribution in [0.1, 0.15) is 5.56 Å². The minimum Gasteiger partial charge on any atom is -0.435 e. The summed E-state index contributed by atoms with van der Waals surface area (Å²) >= 11 is 0. The third-order valence-corrected chi connectivity index (χ3v) is 5.43. The minimum absolute atomic E-state index is 0.114. The lowest BCUT2D eigenvalue weighted by Crippen LogP contribution is -2.33. The number of rotatable bonds is 4. The molecular weight excluding hydrogens is 442 g/mol. The van der Waals surface area contributed by atoms with Crippen LogP contribution in [0.2, 0.25) is 0 Å². The highest BCUT2D eigenvalue weighted by Crippen LogP contribution is 2.30. The first-order valence-corrected chi connectivity index (χ1v) is 10.1. The number of hydrogen-bond acceptors (Lipinski definition) is 5. The van der Waals surface area contributed by atoms with E-state index in [9.17, 15) is 23.6 Å². The summed E-state index contributed by atoms with van der Waals surface area (Å²) in [5.74, 6) is -0.114. The molecule has 0 spiro atoms. The highest BCUT2D eigenvalue weighted by molar-refractivity contribution is 5.90. The van der Waals surface area contributed by atoms with Crippen molar-refractivity contribution >= 4 is 21.7 Å². The van der Waals surface area contributed by atoms with Gasteiger partial charge in [0, 0.05) is 22.5 Å². The molecule has 5 rings (SSSR count). The van der Waals surface area contributed by atoms with E-state index in [2.05, 4.69) is 14.7 Å². The molecule has 0 amide bonds. The maximum atomic E-state index is 13.3. The Labute approximate surface area is 190 Å². The number of nitriles is 1. The molecule has 0 unspecified atom stereocenters. The second kappa shape index (κ2) is 8.26. The van der Waals surface area contributed by atoms with Crippen LogP contribution in [0.25, 0.3) is 38.5 Å². The molecule has 0 radical (unpaired) electrons. The van der Waals surface area contributed by atoms with Gasteiger partial charge in [-0.1, -0.05) is 30.3 Å². The van der Waals surface area contributed by atoms with Gasteiger partial charge < -0.3 is 9.72 Å². The molecule has 5 aromatic rings. The van der Waals surface area contributed by atoms with Gasteiger partial charge in [-0.3, -0.25) is 9.78 Å². The number of nitrogens with one attached hydrogen (secondary N) is 1. The van der Waals surface area contributed by atoms with Crippen molar-refractivity contribution in [2.75, 3.05) is 0 Å². The van der Waals surface area contributed by atoms with Crippen LogP contribution in [0.5, 0.6) is 5.75 Å². The van der Waals surface area contributed by atoms with Crippen LogP contribution in [0.4, 0.5) is 8.78 Å². The van der Waals surface area contributed by atoms with Gasteiger partial charge in [-0.25, -0.2) is 9.36 Å². The number of halogens is 2. The number of aromatic nitrogens is 3. The Morgan fingerprint density at radius 1 is 1.00 bits per heavy atom. The zero-order chi connectivity index (χ0) is 23.8. The van der Waals surface area contributed by atoms with Crippen molar-refractivity contribution < 1.29 is 13.5 Å². The van der Waals surface area contributed by atoms with Crippen LogP contribution >= 0.6 is 0 Å². The Bertz CT molecular complexity index is 1730. The Balaban J connectivity index is 1.70. The molecule has 9 heteroatoms. The largest absolute Gasteiger partial charge is 0.435 e. The predicted molar refractivity (Wildman–Crippen MR) is 122 cm³/mol. The Morgan fingerprint density at radius 2 is 1.82 bits per heavy atom. The summed E-state index contributed by atoms with van der Waals surface area (Å²) in [6, 6.07) is 17.8. The summed E-state index contributed by atoms with van der Waals surface area (Å²) in [7, 11) is 0. The lowest BCUT2D eigenvalue weighted by atomic mass is 9.99. The van der Waals surface area contributed by atoms with Crippen LogP contribution in [-0.2, 0) is 0 Å². The van der Waals surface area contributed by atoms with Gasteiger partial charge in [-0.2, -0.15) is 14.0 Å². The summed E-state index contributed by atoms with van der Waals surface area (Å²) < 4.78 is 30.7. The fraction of sp³-hybridized carbons (Fsp3) is 0.0400. The van der Waals surface area contributed by atoms with E-state index >= 15 is 0 Å². The van der Waals surface area contributed by atoms with Gasteiger partial charge in [0.1, 0.15) is 5.75 Å². The molecule has 2 heterocycles. The van der Waals surface area contributed by atoms with Crippen LogP contribution in [0, 0.1) is 11.3 Å². The van der Waals surface area contributed by atoms with Crippen molar-refractivity contribution in [1.82, 2.24) is 14.5 Å². The molecule has 3 aromatic carbocycles. The van der Waals surface area contributed by atoms with Crippen LogP contribution in [-0.4, -0.2) is 21.1 Å². The summed E-state index contributed by atoms with van der Waals surface area (Å²) in [6.45, 7) is -3.02. The summed E-state index contributed by atoms with van der Waals surface area (Å²) in [4.78, 5) is 33.1. The Morgan fingerprint density at radius 3 is 2.62 bits per heavy atom. The van der Waals surface area contributed by atoms with Crippen molar-refractivity contribution in [2.24, 2.45) is 0 Å². The molecule has 1 N–H and O–H groups in total. The van der Waals surface area contributed by atoms with E-state index in [1.807, 2.05) is 18.2 Å². The fourth-order valence-corrected chi connectivity index (χ4v) is 3.92. The smallest absolute Gasteiger partial charge is 0.387 e. The molecule has 7 nitrogen and oxygen atoms in total. The van der Waals surface area contributed by atoms with Crippen molar-refractivity contribution in [3.05, 3.63) is 99.5 Å². The van der Waals surface area contributed by atoms with Gasteiger partial charge in [0.2, 0.25) is 0 Å². The third-order valence-electron chi connectivity index (χ3n) is 5.43. The zero-order valence-corrected chi connectivity index (χ0v) is 17.3.